The molecule has 1 atom stereocenters. The van der Waals surface area contributed by atoms with E-state index < -0.39 is 0 Å². The second-order valence-corrected chi connectivity index (χ2v) is 7.66. The van der Waals surface area contributed by atoms with Crippen molar-refractivity contribution in [2.24, 2.45) is 11.3 Å². The molecular formula is C19H26FN3O2. The minimum Gasteiger partial charge on any atom is -0.351 e. The van der Waals surface area contributed by atoms with Gasteiger partial charge in [-0.25, -0.2) is 4.39 Å². The maximum absolute atomic E-state index is 12.9. The van der Waals surface area contributed by atoms with Gasteiger partial charge in [0.25, 0.3) is 0 Å². The highest BCUT2D eigenvalue weighted by molar-refractivity contribution is 5.90. The number of likely N-dealkylation sites (tertiary alicyclic amines) is 1. The lowest BCUT2D eigenvalue weighted by atomic mass is 9.68. The summed E-state index contributed by atoms with van der Waals surface area (Å²) >= 11 is 0. The Hall–Kier alpha value is -1.95. The molecule has 2 N–H and O–H groups in total. The molecule has 1 aromatic rings. The monoisotopic (exact) mass is 347 g/mol. The molecule has 0 spiro atoms. The Kier molecular flexibility index (Phi) is 5.08. The first-order valence-corrected chi connectivity index (χ1v) is 8.95. The number of rotatable bonds is 5. The first-order valence-electron chi connectivity index (χ1n) is 8.95. The van der Waals surface area contributed by atoms with Crippen molar-refractivity contribution >= 4 is 17.5 Å². The second-order valence-electron chi connectivity index (χ2n) is 7.66. The van der Waals surface area contributed by atoms with E-state index in [2.05, 4.69) is 15.5 Å². The average Bonchev–Trinajstić information content (AvgIpc) is 2.60. The maximum atomic E-state index is 12.9. The molecule has 25 heavy (non-hydrogen) atoms. The fourth-order valence-electron chi connectivity index (χ4n) is 3.80. The van der Waals surface area contributed by atoms with E-state index in [9.17, 15) is 14.0 Å². The Labute approximate surface area is 148 Å². The van der Waals surface area contributed by atoms with Crippen LogP contribution in [0.1, 0.15) is 33.1 Å². The number of benzene rings is 1. The number of anilines is 1. The van der Waals surface area contributed by atoms with E-state index in [0.29, 0.717) is 18.0 Å². The van der Waals surface area contributed by atoms with Gasteiger partial charge >= 0.3 is 0 Å². The number of hydrogen-bond donors (Lipinski definition) is 2. The average molecular weight is 347 g/mol. The van der Waals surface area contributed by atoms with Crippen molar-refractivity contribution in [1.82, 2.24) is 10.2 Å². The fraction of sp³-hybridized carbons (Fsp3) is 0.579. The minimum atomic E-state index is -0.313. The Balaban J connectivity index is 1.38. The molecule has 2 aliphatic rings. The van der Waals surface area contributed by atoms with Crippen molar-refractivity contribution in [2.45, 2.75) is 39.2 Å². The molecule has 2 heterocycles. The van der Waals surface area contributed by atoms with E-state index in [1.165, 1.54) is 12.1 Å². The summed E-state index contributed by atoms with van der Waals surface area (Å²) in [5, 5.41) is 5.84. The van der Waals surface area contributed by atoms with Gasteiger partial charge in [0.2, 0.25) is 11.8 Å². The van der Waals surface area contributed by atoms with Gasteiger partial charge in [0.1, 0.15) is 5.82 Å². The van der Waals surface area contributed by atoms with Crippen LogP contribution >= 0.6 is 0 Å². The fourth-order valence-corrected chi connectivity index (χ4v) is 3.80. The summed E-state index contributed by atoms with van der Waals surface area (Å²) in [4.78, 5) is 25.9. The van der Waals surface area contributed by atoms with E-state index in [4.69, 9.17) is 0 Å². The minimum absolute atomic E-state index is 0.0545. The van der Waals surface area contributed by atoms with Crippen LogP contribution in [0.4, 0.5) is 10.1 Å². The Morgan fingerprint density at radius 3 is 2.48 bits per heavy atom. The molecule has 1 aromatic carbocycles. The van der Waals surface area contributed by atoms with Gasteiger partial charge in [-0.15, -0.1) is 0 Å². The highest BCUT2D eigenvalue weighted by atomic mass is 19.1. The smallest absolute Gasteiger partial charge is 0.228 e. The topological polar surface area (TPSA) is 61.4 Å². The highest BCUT2D eigenvalue weighted by Crippen LogP contribution is 2.38. The zero-order chi connectivity index (χ0) is 18.0. The van der Waals surface area contributed by atoms with Crippen molar-refractivity contribution in [3.05, 3.63) is 30.1 Å². The van der Waals surface area contributed by atoms with Crippen LogP contribution in [0.2, 0.25) is 0 Å². The molecule has 2 aliphatic heterocycles. The Bertz CT molecular complexity index is 637. The second kappa shape index (κ2) is 7.12. The van der Waals surface area contributed by atoms with Gasteiger partial charge in [-0.1, -0.05) is 0 Å². The lowest BCUT2D eigenvalue weighted by Crippen LogP contribution is -2.67. The molecule has 2 amide bonds. The van der Waals surface area contributed by atoms with E-state index in [1.807, 2.05) is 13.8 Å². The lowest BCUT2D eigenvalue weighted by Gasteiger charge is -2.50. The van der Waals surface area contributed by atoms with Crippen LogP contribution in [-0.4, -0.2) is 42.4 Å². The van der Waals surface area contributed by atoms with Crippen molar-refractivity contribution in [1.29, 1.82) is 0 Å². The summed E-state index contributed by atoms with van der Waals surface area (Å²) < 4.78 is 12.9. The van der Waals surface area contributed by atoms with Crippen molar-refractivity contribution in [3.8, 4) is 0 Å². The molecule has 0 unspecified atom stereocenters. The van der Waals surface area contributed by atoms with Crippen LogP contribution in [-0.2, 0) is 9.59 Å². The maximum Gasteiger partial charge on any atom is 0.228 e. The molecule has 136 valence electrons. The molecule has 0 aromatic heterocycles. The van der Waals surface area contributed by atoms with Gasteiger partial charge in [-0.3, -0.25) is 9.59 Å². The summed E-state index contributed by atoms with van der Waals surface area (Å²) in [5.41, 5.74) is 0.370. The van der Waals surface area contributed by atoms with Gasteiger partial charge in [-0.05, 0) is 70.0 Å². The predicted octanol–water partition coefficient (Wildman–Crippen LogP) is 2.39. The van der Waals surface area contributed by atoms with E-state index in [1.54, 1.807) is 12.1 Å². The summed E-state index contributed by atoms with van der Waals surface area (Å²) in [5.74, 6) is 0.308. The van der Waals surface area contributed by atoms with Crippen LogP contribution < -0.4 is 10.6 Å². The predicted molar refractivity (Wildman–Crippen MR) is 94.5 cm³/mol. The quantitative estimate of drug-likeness (QED) is 0.804. The third kappa shape index (κ3) is 4.00. The number of carbonyl (C=O) groups is 2. The molecule has 5 nitrogen and oxygen atoms in total. The first-order chi connectivity index (χ1) is 11.9. The van der Waals surface area contributed by atoms with Gasteiger partial charge in [0, 0.05) is 24.7 Å². The van der Waals surface area contributed by atoms with Crippen molar-refractivity contribution < 1.29 is 14.0 Å². The zero-order valence-corrected chi connectivity index (χ0v) is 14.8. The van der Waals surface area contributed by atoms with E-state index >= 15 is 0 Å². The first kappa shape index (κ1) is 17.9. The number of nitrogens with one attached hydrogen (secondary N) is 2. The SMILES string of the molecule is CC1(C)C(=O)N[C@H]1C1CCN(CCC(=O)Nc2ccc(F)cc2)CC1. The summed E-state index contributed by atoms with van der Waals surface area (Å²) in [6, 6.07) is 6.08. The van der Waals surface area contributed by atoms with E-state index in [-0.39, 0.29) is 29.1 Å². The third-order valence-electron chi connectivity index (χ3n) is 5.54. The summed E-state index contributed by atoms with van der Waals surface area (Å²) in [7, 11) is 0. The number of piperidine rings is 1. The molecule has 0 radical (unpaired) electrons. The standard InChI is InChI=1S/C19H26FN3O2/c1-19(2)17(22-18(19)25)13-7-10-23(11-8-13)12-9-16(24)21-15-5-3-14(20)4-6-15/h3-6,13,17H,7-12H2,1-2H3,(H,21,24)(H,22,25)/t17-/m0/s1. The van der Waals surface area contributed by atoms with Crippen molar-refractivity contribution in [2.75, 3.05) is 25.0 Å². The molecular weight excluding hydrogens is 321 g/mol. The summed E-state index contributed by atoms with van der Waals surface area (Å²) in [6.45, 7) is 6.67. The number of amides is 2. The molecule has 6 heteroatoms. The largest absolute Gasteiger partial charge is 0.351 e. The Morgan fingerprint density at radius 1 is 1.28 bits per heavy atom. The summed E-state index contributed by atoms with van der Waals surface area (Å²) in [6.07, 6.45) is 2.52. The van der Waals surface area contributed by atoms with Crippen LogP contribution in [0.25, 0.3) is 0 Å². The lowest BCUT2D eigenvalue weighted by molar-refractivity contribution is -0.146. The number of hydrogen-bond acceptors (Lipinski definition) is 3. The molecule has 2 fully saturated rings. The van der Waals surface area contributed by atoms with Crippen LogP contribution in [0, 0.1) is 17.2 Å². The van der Waals surface area contributed by atoms with Crippen molar-refractivity contribution in [3.63, 3.8) is 0 Å². The van der Waals surface area contributed by atoms with Crippen LogP contribution in [0.3, 0.4) is 0 Å². The molecule has 0 aliphatic carbocycles. The molecule has 0 bridgehead atoms. The number of halogens is 1. The number of nitrogens with zero attached hydrogens (tertiary/aromatic N) is 1. The zero-order valence-electron chi connectivity index (χ0n) is 14.8. The molecule has 3 rings (SSSR count). The van der Waals surface area contributed by atoms with Gasteiger partial charge in [0.15, 0.2) is 0 Å². The number of carbonyl (C=O) groups excluding carboxylic acids is 2. The number of β-lactam (4-membered cyclic amide) rings is 1. The highest BCUT2D eigenvalue weighted by Gasteiger charge is 2.50. The van der Waals surface area contributed by atoms with Gasteiger partial charge < -0.3 is 15.5 Å². The third-order valence-corrected chi connectivity index (χ3v) is 5.54. The Morgan fingerprint density at radius 2 is 1.92 bits per heavy atom. The van der Waals surface area contributed by atoms with Crippen LogP contribution in [0.15, 0.2) is 24.3 Å². The van der Waals surface area contributed by atoms with Gasteiger partial charge in [0.05, 0.1) is 5.41 Å². The van der Waals surface area contributed by atoms with E-state index in [0.717, 1.165) is 32.5 Å². The van der Waals surface area contributed by atoms with Crippen LogP contribution in [0.5, 0.6) is 0 Å². The molecule has 0 saturated carbocycles. The normalized spacial score (nSPS) is 23.6. The molecule has 2 saturated heterocycles. The van der Waals surface area contributed by atoms with Gasteiger partial charge in [-0.2, -0.15) is 0 Å².